The number of sulfonamides is 1. The second-order valence-corrected chi connectivity index (χ2v) is 12.1. The molecule has 1 aromatic heterocycles. The molecule has 8 nitrogen and oxygen atoms in total. The van der Waals surface area contributed by atoms with Gasteiger partial charge in [0.2, 0.25) is 15.9 Å². The van der Waals surface area contributed by atoms with Crippen LogP contribution in [-0.2, 0) is 21.2 Å². The fourth-order valence-electron chi connectivity index (χ4n) is 5.63. The van der Waals surface area contributed by atoms with Crippen molar-refractivity contribution in [3.05, 3.63) is 48.2 Å². The maximum atomic E-state index is 13.2. The number of nitrogens with one attached hydrogen (secondary N) is 1. The first kappa shape index (κ1) is 24.9. The number of carbonyl (C=O) groups excluding carboxylic acids is 1. The van der Waals surface area contributed by atoms with Gasteiger partial charge in [0.05, 0.1) is 12.9 Å². The normalized spacial score (nSPS) is 20.8. The van der Waals surface area contributed by atoms with Crippen LogP contribution in [0.3, 0.4) is 0 Å². The number of hydrogen-bond donors (Lipinski definition) is 1. The number of hydrogen-bond acceptors (Lipinski definition) is 6. The van der Waals surface area contributed by atoms with Crippen molar-refractivity contribution < 1.29 is 17.9 Å². The lowest BCUT2D eigenvalue weighted by atomic mass is 9.88. The number of carbonyl (C=O) groups is 1. The molecule has 1 amide bonds. The summed E-state index contributed by atoms with van der Waals surface area (Å²) in [7, 11) is -1.90. The summed E-state index contributed by atoms with van der Waals surface area (Å²) in [5, 5.41) is 3.04. The quantitative estimate of drug-likeness (QED) is 0.614. The minimum atomic E-state index is -3.47. The Bertz CT molecular complexity index is 1230. The number of nitrogens with zero attached hydrogens (tertiary/aromatic N) is 3. The molecular formula is C27H34N4O4S. The number of amides is 1. The van der Waals surface area contributed by atoms with E-state index in [0.29, 0.717) is 44.1 Å². The topological polar surface area (TPSA) is 101 Å². The minimum Gasteiger partial charge on any atom is -0.481 e. The molecule has 1 saturated carbocycles. The lowest BCUT2D eigenvalue weighted by Crippen LogP contribution is -2.51. The van der Waals surface area contributed by atoms with Gasteiger partial charge in [-0.25, -0.2) is 17.7 Å². The molecule has 192 valence electrons. The van der Waals surface area contributed by atoms with Gasteiger partial charge < -0.3 is 10.1 Å². The van der Waals surface area contributed by atoms with Crippen molar-refractivity contribution in [2.75, 3.05) is 26.0 Å². The lowest BCUT2D eigenvalue weighted by molar-refractivity contribution is -0.125. The molecule has 5 rings (SSSR count). The van der Waals surface area contributed by atoms with E-state index in [0.717, 1.165) is 35.4 Å². The maximum Gasteiger partial charge on any atom is 0.253 e. The molecule has 1 saturated heterocycles. The van der Waals surface area contributed by atoms with Crippen LogP contribution in [-0.4, -0.2) is 60.9 Å². The molecule has 0 radical (unpaired) electrons. The van der Waals surface area contributed by atoms with E-state index in [4.69, 9.17) is 9.73 Å². The largest absolute Gasteiger partial charge is 0.481 e. The van der Waals surface area contributed by atoms with Crippen molar-refractivity contribution >= 4 is 21.8 Å². The van der Waals surface area contributed by atoms with Crippen LogP contribution in [0, 0.1) is 5.92 Å². The molecular weight excluding hydrogens is 476 g/mol. The van der Waals surface area contributed by atoms with E-state index in [1.165, 1.54) is 23.6 Å². The summed E-state index contributed by atoms with van der Waals surface area (Å²) in [6.45, 7) is 0.641. The minimum absolute atomic E-state index is 0.0172. The Labute approximate surface area is 213 Å². The summed E-state index contributed by atoms with van der Waals surface area (Å²) >= 11 is 0. The van der Waals surface area contributed by atoms with E-state index < -0.39 is 15.6 Å². The van der Waals surface area contributed by atoms with Crippen LogP contribution in [0.25, 0.3) is 11.1 Å². The monoisotopic (exact) mass is 510 g/mol. The number of aromatic nitrogens is 1. The summed E-state index contributed by atoms with van der Waals surface area (Å²) in [5.41, 5.74) is 2.04. The van der Waals surface area contributed by atoms with Crippen molar-refractivity contribution in [1.29, 1.82) is 0 Å². The first-order valence-corrected chi connectivity index (χ1v) is 14.5. The molecule has 1 aliphatic carbocycles. The molecule has 2 aromatic rings. The van der Waals surface area contributed by atoms with Gasteiger partial charge in [0.15, 0.2) is 0 Å². The Hall–Kier alpha value is -2.78. The van der Waals surface area contributed by atoms with E-state index in [1.807, 2.05) is 30.3 Å². The summed E-state index contributed by atoms with van der Waals surface area (Å²) in [6, 6.07) is 11.5. The van der Waals surface area contributed by atoms with Gasteiger partial charge in [-0.05, 0) is 49.3 Å². The standard InChI is InChI=1S/C27H34N4O4S/c1-35-24-12-11-22(19-28-24)23-10-6-5-7-20(23)13-18-36(33,34)31-16-14-27(15-17-31)26(32)29-25(30-27)21-8-3-2-4-9-21/h5-7,10-12,19,21H,2-4,8-9,13-18H2,1H3,(H,29,30,32). The van der Waals surface area contributed by atoms with Crippen LogP contribution in [0.15, 0.2) is 47.6 Å². The smallest absolute Gasteiger partial charge is 0.253 e. The van der Waals surface area contributed by atoms with Crippen LogP contribution in [0.1, 0.15) is 50.5 Å². The van der Waals surface area contributed by atoms with Gasteiger partial charge in [0.25, 0.3) is 5.91 Å². The SMILES string of the molecule is COc1ccc(-c2ccccc2CCS(=O)(=O)N2CCC3(CC2)N=C(C2CCCCC2)NC3=O)cn1. The summed E-state index contributed by atoms with van der Waals surface area (Å²) < 4.78 is 33.2. The molecule has 1 spiro atoms. The number of ether oxygens (including phenoxy) is 1. The third-order valence-electron chi connectivity index (χ3n) is 7.84. The van der Waals surface area contributed by atoms with Crippen LogP contribution >= 0.6 is 0 Å². The zero-order valence-electron chi connectivity index (χ0n) is 20.8. The van der Waals surface area contributed by atoms with E-state index in [-0.39, 0.29) is 11.7 Å². The Morgan fingerprint density at radius 3 is 2.53 bits per heavy atom. The van der Waals surface area contributed by atoms with Gasteiger partial charge >= 0.3 is 0 Å². The Morgan fingerprint density at radius 1 is 1.08 bits per heavy atom. The van der Waals surface area contributed by atoms with Gasteiger partial charge in [0, 0.05) is 36.8 Å². The molecule has 3 aliphatic rings. The lowest BCUT2D eigenvalue weighted by Gasteiger charge is -2.34. The highest BCUT2D eigenvalue weighted by Crippen LogP contribution is 2.35. The fourth-order valence-corrected chi connectivity index (χ4v) is 7.11. The van der Waals surface area contributed by atoms with Gasteiger partial charge in [-0.2, -0.15) is 0 Å². The van der Waals surface area contributed by atoms with Crippen molar-refractivity contribution in [2.45, 2.75) is 56.9 Å². The van der Waals surface area contributed by atoms with Gasteiger partial charge in [0.1, 0.15) is 11.4 Å². The van der Waals surface area contributed by atoms with Gasteiger partial charge in [-0.1, -0.05) is 43.5 Å². The fraction of sp³-hybridized carbons (Fsp3) is 0.519. The van der Waals surface area contributed by atoms with Crippen molar-refractivity contribution in [2.24, 2.45) is 10.9 Å². The highest BCUT2D eigenvalue weighted by Gasteiger charge is 2.48. The van der Waals surface area contributed by atoms with Gasteiger partial charge in [-0.15, -0.1) is 0 Å². The van der Waals surface area contributed by atoms with Crippen molar-refractivity contribution in [1.82, 2.24) is 14.6 Å². The molecule has 0 bridgehead atoms. The molecule has 0 atom stereocenters. The van der Waals surface area contributed by atoms with Crippen LogP contribution in [0.4, 0.5) is 0 Å². The Balaban J connectivity index is 1.23. The summed E-state index contributed by atoms with van der Waals surface area (Å²) in [5.74, 6) is 1.67. The van der Waals surface area contributed by atoms with Crippen molar-refractivity contribution in [3.8, 4) is 17.0 Å². The first-order valence-electron chi connectivity index (χ1n) is 12.9. The molecule has 9 heteroatoms. The number of methoxy groups -OCH3 is 1. The highest BCUT2D eigenvalue weighted by molar-refractivity contribution is 7.89. The van der Waals surface area contributed by atoms with Crippen molar-refractivity contribution in [3.63, 3.8) is 0 Å². The van der Waals surface area contributed by atoms with E-state index in [2.05, 4.69) is 10.3 Å². The number of aliphatic imine (C=N–C) groups is 1. The number of benzene rings is 1. The molecule has 36 heavy (non-hydrogen) atoms. The Kier molecular flexibility index (Phi) is 7.12. The number of amidine groups is 1. The average Bonchev–Trinajstić information content (AvgIpc) is 3.23. The predicted molar refractivity (Wildman–Crippen MR) is 139 cm³/mol. The van der Waals surface area contributed by atoms with E-state index >= 15 is 0 Å². The maximum absolute atomic E-state index is 13.2. The summed E-state index contributed by atoms with van der Waals surface area (Å²) in [4.78, 5) is 22.0. The second-order valence-electron chi connectivity index (χ2n) is 10.0. The zero-order chi connectivity index (χ0) is 25.2. The molecule has 1 N–H and O–H groups in total. The molecule has 1 aromatic carbocycles. The van der Waals surface area contributed by atoms with E-state index in [9.17, 15) is 13.2 Å². The van der Waals surface area contributed by atoms with E-state index in [1.54, 1.807) is 19.4 Å². The second kappa shape index (κ2) is 10.3. The average molecular weight is 511 g/mol. The zero-order valence-corrected chi connectivity index (χ0v) is 21.6. The molecule has 2 fully saturated rings. The third kappa shape index (κ3) is 5.04. The number of pyridine rings is 1. The molecule has 2 aliphatic heterocycles. The van der Waals surface area contributed by atoms with Gasteiger partial charge in [-0.3, -0.25) is 9.79 Å². The molecule has 0 unspecified atom stereocenters. The molecule has 3 heterocycles. The highest BCUT2D eigenvalue weighted by atomic mass is 32.2. The Morgan fingerprint density at radius 2 is 1.83 bits per heavy atom. The summed E-state index contributed by atoms with van der Waals surface area (Å²) in [6.07, 6.45) is 8.75. The number of piperidine rings is 1. The van der Waals surface area contributed by atoms with Crippen LogP contribution < -0.4 is 10.1 Å². The number of aryl methyl sites for hydroxylation is 1. The number of rotatable bonds is 7. The first-order chi connectivity index (χ1) is 17.4. The predicted octanol–water partition coefficient (Wildman–Crippen LogP) is 3.57. The van der Waals surface area contributed by atoms with Crippen LogP contribution in [0.5, 0.6) is 5.88 Å². The third-order valence-corrected chi connectivity index (χ3v) is 9.71. The van der Waals surface area contributed by atoms with Crippen LogP contribution in [0.2, 0.25) is 0 Å².